The molecule has 0 unspecified atom stereocenters. The van der Waals surface area contributed by atoms with E-state index in [0.29, 0.717) is 18.3 Å². The van der Waals surface area contributed by atoms with Gasteiger partial charge in [0.2, 0.25) is 0 Å². The molecule has 1 N–H and O–H groups in total. The largest absolute Gasteiger partial charge is 0.490 e. The number of benzene rings is 2. The smallest absolute Gasteiger partial charge is 0.123 e. The highest BCUT2D eigenvalue weighted by molar-refractivity contribution is 5.45. The monoisotopic (exact) mass is 388 g/mol. The minimum Gasteiger partial charge on any atom is -0.490 e. The Morgan fingerprint density at radius 1 is 1.10 bits per heavy atom. The van der Waals surface area contributed by atoms with Crippen molar-refractivity contribution in [3.8, 4) is 11.8 Å². The maximum Gasteiger partial charge on any atom is 0.123 e. The van der Waals surface area contributed by atoms with Crippen LogP contribution in [-0.4, -0.2) is 24.9 Å². The molecule has 3 aliphatic rings. The van der Waals surface area contributed by atoms with Crippen LogP contribution < -0.4 is 10.1 Å². The fourth-order valence-electron chi connectivity index (χ4n) is 5.12. The van der Waals surface area contributed by atoms with Gasteiger partial charge < -0.3 is 14.8 Å². The molecule has 29 heavy (non-hydrogen) atoms. The summed E-state index contributed by atoms with van der Waals surface area (Å²) in [5.74, 6) is 1.20. The zero-order chi connectivity index (χ0) is 19.7. The van der Waals surface area contributed by atoms with Gasteiger partial charge in [-0.1, -0.05) is 30.3 Å². The van der Waals surface area contributed by atoms with Crippen molar-refractivity contribution in [2.24, 2.45) is 0 Å². The van der Waals surface area contributed by atoms with Gasteiger partial charge in [-0.2, -0.15) is 5.26 Å². The van der Waals surface area contributed by atoms with Crippen molar-refractivity contribution >= 4 is 0 Å². The Labute approximate surface area is 172 Å². The van der Waals surface area contributed by atoms with Gasteiger partial charge in [-0.3, -0.25) is 0 Å². The fourth-order valence-corrected chi connectivity index (χ4v) is 5.12. The molecule has 0 radical (unpaired) electrons. The Hall–Kier alpha value is -2.35. The van der Waals surface area contributed by atoms with Crippen LogP contribution in [0.3, 0.4) is 0 Å². The average Bonchev–Trinajstić information content (AvgIpc) is 3.15. The first-order chi connectivity index (χ1) is 14.3. The normalized spacial score (nSPS) is 29.3. The molecule has 2 aromatic rings. The number of hydrogen-bond acceptors (Lipinski definition) is 4. The zero-order valence-electron chi connectivity index (χ0n) is 16.8. The van der Waals surface area contributed by atoms with Crippen molar-refractivity contribution < 1.29 is 9.47 Å². The number of piperidine rings is 1. The second kappa shape index (κ2) is 7.82. The van der Waals surface area contributed by atoms with E-state index in [1.165, 1.54) is 12.0 Å². The van der Waals surface area contributed by atoms with Crippen molar-refractivity contribution in [1.29, 1.82) is 5.26 Å². The third kappa shape index (κ3) is 3.54. The highest BCUT2D eigenvalue weighted by Crippen LogP contribution is 2.49. The maximum atomic E-state index is 9.44. The molecule has 1 spiro atoms. The first-order valence-electron chi connectivity index (χ1n) is 10.9. The van der Waals surface area contributed by atoms with Gasteiger partial charge in [0.1, 0.15) is 5.75 Å². The summed E-state index contributed by atoms with van der Waals surface area (Å²) in [6, 6.07) is 19.1. The maximum absolute atomic E-state index is 9.44. The minimum atomic E-state index is -0.194. The van der Waals surface area contributed by atoms with Gasteiger partial charge in [0.25, 0.3) is 0 Å². The van der Waals surface area contributed by atoms with Gasteiger partial charge >= 0.3 is 0 Å². The molecular formula is C25H28N2O2. The summed E-state index contributed by atoms with van der Waals surface area (Å²) in [6.07, 6.45) is 6.97. The lowest BCUT2D eigenvalue weighted by molar-refractivity contribution is -0.0484. The first kappa shape index (κ1) is 18.7. The summed E-state index contributed by atoms with van der Waals surface area (Å²) in [6.45, 7) is 1.70. The van der Waals surface area contributed by atoms with Crippen LogP contribution in [0, 0.1) is 11.3 Å². The second-order valence-electron chi connectivity index (χ2n) is 8.71. The van der Waals surface area contributed by atoms with E-state index in [0.717, 1.165) is 50.0 Å². The van der Waals surface area contributed by atoms with Crippen LogP contribution in [-0.2, 0) is 4.74 Å². The summed E-state index contributed by atoms with van der Waals surface area (Å²) in [4.78, 5) is 0. The molecule has 5 rings (SSSR count). The van der Waals surface area contributed by atoms with Crippen molar-refractivity contribution in [2.45, 2.75) is 62.2 Å². The van der Waals surface area contributed by atoms with Gasteiger partial charge in [0.15, 0.2) is 0 Å². The van der Waals surface area contributed by atoms with E-state index in [9.17, 15) is 5.26 Å². The molecule has 0 amide bonds. The predicted molar refractivity (Wildman–Crippen MR) is 112 cm³/mol. The van der Waals surface area contributed by atoms with Crippen molar-refractivity contribution in [3.05, 3.63) is 65.2 Å². The van der Waals surface area contributed by atoms with E-state index in [4.69, 9.17) is 9.47 Å². The van der Waals surface area contributed by atoms with E-state index in [1.54, 1.807) is 0 Å². The molecule has 4 heteroatoms. The quantitative estimate of drug-likeness (QED) is 0.813. The number of nitriles is 1. The third-order valence-electron chi connectivity index (χ3n) is 6.87. The number of nitrogens with zero attached hydrogens (tertiary/aromatic N) is 1. The molecule has 2 saturated heterocycles. The SMILES string of the molecule is N#Cc1ccc(OC2CCC2)c([C@H]2CO[C@]3(CCCN[C@H]3c3ccccc3)C2)c1. The van der Waals surface area contributed by atoms with Gasteiger partial charge in [-0.15, -0.1) is 0 Å². The lowest BCUT2D eigenvalue weighted by Crippen LogP contribution is -2.48. The lowest BCUT2D eigenvalue weighted by Gasteiger charge is -2.41. The van der Waals surface area contributed by atoms with E-state index >= 15 is 0 Å². The first-order valence-corrected chi connectivity index (χ1v) is 10.9. The lowest BCUT2D eigenvalue weighted by atomic mass is 9.76. The van der Waals surface area contributed by atoms with Gasteiger partial charge in [-0.25, -0.2) is 0 Å². The van der Waals surface area contributed by atoms with Crippen LogP contribution in [0.2, 0.25) is 0 Å². The number of nitrogens with one attached hydrogen (secondary N) is 1. The highest BCUT2D eigenvalue weighted by atomic mass is 16.5. The van der Waals surface area contributed by atoms with E-state index in [-0.39, 0.29) is 17.6 Å². The van der Waals surface area contributed by atoms with Crippen LogP contribution in [0.1, 0.15) is 67.2 Å². The summed E-state index contributed by atoms with van der Waals surface area (Å²) >= 11 is 0. The molecule has 1 saturated carbocycles. The third-order valence-corrected chi connectivity index (χ3v) is 6.87. The Kier molecular flexibility index (Phi) is 5.03. The predicted octanol–water partition coefficient (Wildman–Crippen LogP) is 4.86. The summed E-state index contributed by atoms with van der Waals surface area (Å²) in [7, 11) is 0. The Morgan fingerprint density at radius 2 is 1.97 bits per heavy atom. The number of rotatable bonds is 4. The standard InChI is InChI=1S/C25H28N2O2/c26-16-18-10-11-23(29-21-8-4-9-21)22(14-18)20-15-25(28-17-20)12-5-13-27-24(25)19-6-2-1-3-7-19/h1-3,6-7,10-11,14,20-21,24,27H,4-5,8-9,12-13,15,17H2/t20-,24+,25-/m1/s1. The van der Waals surface area contributed by atoms with Crippen LogP contribution >= 0.6 is 0 Å². The number of ether oxygens (including phenoxy) is 2. The Balaban J connectivity index is 1.44. The molecule has 150 valence electrons. The van der Waals surface area contributed by atoms with Crippen molar-refractivity contribution in [1.82, 2.24) is 5.32 Å². The fraction of sp³-hybridized carbons (Fsp3) is 0.480. The highest BCUT2D eigenvalue weighted by Gasteiger charge is 2.49. The van der Waals surface area contributed by atoms with Crippen LogP contribution in [0.15, 0.2) is 48.5 Å². The van der Waals surface area contributed by atoms with E-state index < -0.39 is 0 Å². The molecule has 2 heterocycles. The van der Waals surface area contributed by atoms with Crippen molar-refractivity contribution in [3.63, 3.8) is 0 Å². The summed E-state index contributed by atoms with van der Waals surface area (Å²) < 4.78 is 12.9. The van der Waals surface area contributed by atoms with E-state index in [2.05, 4.69) is 41.7 Å². The van der Waals surface area contributed by atoms with Crippen molar-refractivity contribution in [2.75, 3.05) is 13.2 Å². The van der Waals surface area contributed by atoms with Gasteiger partial charge in [0, 0.05) is 11.5 Å². The average molecular weight is 389 g/mol. The second-order valence-corrected chi connectivity index (χ2v) is 8.71. The topological polar surface area (TPSA) is 54.3 Å². The molecular weight excluding hydrogens is 360 g/mol. The minimum absolute atomic E-state index is 0.194. The zero-order valence-corrected chi connectivity index (χ0v) is 16.8. The number of hydrogen-bond donors (Lipinski definition) is 1. The Bertz CT molecular complexity index is 903. The molecule has 3 fully saturated rings. The van der Waals surface area contributed by atoms with E-state index in [1.807, 2.05) is 18.2 Å². The molecule has 0 bridgehead atoms. The molecule has 2 aromatic carbocycles. The Morgan fingerprint density at radius 3 is 2.72 bits per heavy atom. The molecule has 1 aliphatic carbocycles. The van der Waals surface area contributed by atoms with Gasteiger partial charge in [0.05, 0.1) is 36.0 Å². The van der Waals surface area contributed by atoms with Gasteiger partial charge in [-0.05, 0) is 68.8 Å². The van der Waals surface area contributed by atoms with Crippen LogP contribution in [0.5, 0.6) is 5.75 Å². The van der Waals surface area contributed by atoms with Crippen LogP contribution in [0.4, 0.5) is 0 Å². The molecule has 4 nitrogen and oxygen atoms in total. The van der Waals surface area contributed by atoms with Crippen LogP contribution in [0.25, 0.3) is 0 Å². The molecule has 2 aliphatic heterocycles. The molecule has 0 aromatic heterocycles. The summed E-state index contributed by atoms with van der Waals surface area (Å²) in [5, 5.41) is 13.2. The molecule has 3 atom stereocenters. The summed E-state index contributed by atoms with van der Waals surface area (Å²) in [5.41, 5.74) is 2.94.